The van der Waals surface area contributed by atoms with Gasteiger partial charge in [-0.3, -0.25) is 9.59 Å². The molecule has 0 atom stereocenters. The van der Waals surface area contributed by atoms with E-state index >= 15 is 0 Å². The Morgan fingerprint density at radius 2 is 2.10 bits per heavy atom. The zero-order valence-corrected chi connectivity index (χ0v) is 13.4. The number of pyridine rings is 1. The number of anilines is 1. The molecule has 21 heavy (non-hydrogen) atoms. The van der Waals surface area contributed by atoms with E-state index in [4.69, 9.17) is 23.8 Å². The van der Waals surface area contributed by atoms with E-state index in [0.29, 0.717) is 30.2 Å². The van der Waals surface area contributed by atoms with Crippen LogP contribution in [0, 0.1) is 0 Å². The molecule has 6 nitrogen and oxygen atoms in total. The maximum absolute atomic E-state index is 11.8. The molecule has 0 aliphatic carbocycles. The number of rotatable bonds is 5. The van der Waals surface area contributed by atoms with Crippen molar-refractivity contribution in [1.82, 2.24) is 15.2 Å². The van der Waals surface area contributed by atoms with Gasteiger partial charge in [-0.25, -0.2) is 4.98 Å². The van der Waals surface area contributed by atoms with Crippen molar-refractivity contribution in [2.75, 3.05) is 26.0 Å². The summed E-state index contributed by atoms with van der Waals surface area (Å²) in [6, 6.07) is 3.20. The number of carbonyl (C=O) groups excluding carboxylic acids is 2. The molecule has 0 saturated heterocycles. The van der Waals surface area contributed by atoms with Gasteiger partial charge in [0, 0.05) is 33.3 Å². The molecule has 1 rings (SSSR count). The monoisotopic (exact) mass is 328 g/mol. The fraction of sp³-hybridized carbons (Fsp3) is 0.385. The highest BCUT2D eigenvalue weighted by Crippen LogP contribution is 2.09. The van der Waals surface area contributed by atoms with Crippen molar-refractivity contribution >= 4 is 46.4 Å². The number of hydrogen-bond donors (Lipinski definition) is 2. The lowest BCUT2D eigenvalue weighted by atomic mass is 10.3. The summed E-state index contributed by atoms with van der Waals surface area (Å²) in [5.74, 6) is -0.0346. The molecule has 0 aromatic carbocycles. The van der Waals surface area contributed by atoms with E-state index in [1.807, 2.05) is 0 Å². The minimum Gasteiger partial charge on any atom is -0.372 e. The maximum Gasteiger partial charge on any atom is 0.284 e. The molecule has 0 spiro atoms. The summed E-state index contributed by atoms with van der Waals surface area (Å²) in [7, 11) is 3.40. The van der Waals surface area contributed by atoms with E-state index in [1.165, 1.54) is 11.1 Å². The molecule has 2 amide bonds. The molecule has 2 N–H and O–H groups in total. The van der Waals surface area contributed by atoms with Gasteiger partial charge in [0.15, 0.2) is 4.99 Å². The molecule has 1 aromatic rings. The van der Waals surface area contributed by atoms with Crippen LogP contribution in [0.15, 0.2) is 18.3 Å². The van der Waals surface area contributed by atoms with Crippen LogP contribution in [0.2, 0.25) is 5.02 Å². The number of amides is 2. The Kier molecular flexibility index (Phi) is 7.04. The van der Waals surface area contributed by atoms with E-state index in [0.717, 1.165) is 0 Å². The third-order valence-electron chi connectivity index (χ3n) is 2.53. The highest BCUT2D eigenvalue weighted by atomic mass is 35.5. The first-order chi connectivity index (χ1) is 9.90. The van der Waals surface area contributed by atoms with Crippen molar-refractivity contribution in [3.8, 4) is 0 Å². The van der Waals surface area contributed by atoms with Gasteiger partial charge in [0.2, 0.25) is 5.91 Å². The third-order valence-corrected chi connectivity index (χ3v) is 3.08. The number of nitrogens with one attached hydrogen (secondary N) is 2. The molecule has 0 saturated carbocycles. The molecule has 8 heteroatoms. The van der Waals surface area contributed by atoms with Crippen molar-refractivity contribution in [2.45, 2.75) is 12.8 Å². The molecular formula is C13H17ClN4O2S. The standard InChI is InChI=1S/C13H17ClN4O2S/c1-18(2)11(19)4-3-7-15-13(21)12(20)17-10-6-5-9(14)8-16-10/h5-6,8H,3-4,7H2,1-2H3,(H,15,21)(H,16,17,20). The van der Waals surface area contributed by atoms with Gasteiger partial charge in [-0.2, -0.15) is 0 Å². The summed E-state index contributed by atoms with van der Waals surface area (Å²) >= 11 is 10.7. The van der Waals surface area contributed by atoms with Gasteiger partial charge in [0.1, 0.15) is 5.82 Å². The van der Waals surface area contributed by atoms with Gasteiger partial charge in [-0.05, 0) is 18.6 Å². The van der Waals surface area contributed by atoms with Crippen LogP contribution in [0.3, 0.4) is 0 Å². The zero-order chi connectivity index (χ0) is 15.8. The lowest BCUT2D eigenvalue weighted by molar-refractivity contribution is -0.128. The predicted octanol–water partition coefficient (Wildman–Crippen LogP) is 1.46. The number of halogens is 1. The first-order valence-corrected chi connectivity index (χ1v) is 7.09. The Hall–Kier alpha value is -1.73. The predicted molar refractivity (Wildman–Crippen MR) is 86.4 cm³/mol. The average Bonchev–Trinajstić information content (AvgIpc) is 2.45. The van der Waals surface area contributed by atoms with E-state index in [1.54, 1.807) is 26.2 Å². The molecule has 114 valence electrons. The molecule has 1 heterocycles. The Morgan fingerprint density at radius 3 is 2.67 bits per heavy atom. The van der Waals surface area contributed by atoms with Gasteiger partial charge in [0.25, 0.3) is 5.91 Å². The second-order valence-electron chi connectivity index (χ2n) is 4.46. The number of aromatic nitrogens is 1. The van der Waals surface area contributed by atoms with E-state index < -0.39 is 5.91 Å². The van der Waals surface area contributed by atoms with Crippen LogP contribution in [-0.2, 0) is 9.59 Å². The van der Waals surface area contributed by atoms with Crippen LogP contribution < -0.4 is 10.6 Å². The van der Waals surface area contributed by atoms with Crippen LogP contribution in [0.5, 0.6) is 0 Å². The van der Waals surface area contributed by atoms with Crippen molar-refractivity contribution in [2.24, 2.45) is 0 Å². The highest BCUT2D eigenvalue weighted by molar-refractivity contribution is 7.82. The minimum atomic E-state index is -0.446. The molecule has 0 fully saturated rings. The van der Waals surface area contributed by atoms with Crippen LogP contribution in [0.1, 0.15) is 12.8 Å². The highest BCUT2D eigenvalue weighted by Gasteiger charge is 2.10. The molecule has 0 aliphatic rings. The van der Waals surface area contributed by atoms with Crippen molar-refractivity contribution in [1.29, 1.82) is 0 Å². The van der Waals surface area contributed by atoms with Gasteiger partial charge < -0.3 is 15.5 Å². The van der Waals surface area contributed by atoms with Crippen LogP contribution in [-0.4, -0.2) is 47.3 Å². The maximum atomic E-state index is 11.8. The first kappa shape index (κ1) is 17.3. The molecule has 0 radical (unpaired) electrons. The number of thiocarbonyl (C=S) groups is 1. The average molecular weight is 329 g/mol. The van der Waals surface area contributed by atoms with E-state index in [-0.39, 0.29) is 10.9 Å². The van der Waals surface area contributed by atoms with Crippen molar-refractivity contribution < 1.29 is 9.59 Å². The van der Waals surface area contributed by atoms with Gasteiger partial charge in [-0.1, -0.05) is 23.8 Å². The summed E-state index contributed by atoms with van der Waals surface area (Å²) in [5, 5.41) is 5.84. The fourth-order valence-electron chi connectivity index (χ4n) is 1.37. The fourth-order valence-corrected chi connectivity index (χ4v) is 1.63. The summed E-state index contributed by atoms with van der Waals surface area (Å²) in [6.07, 6.45) is 2.44. The zero-order valence-electron chi connectivity index (χ0n) is 11.9. The number of carbonyl (C=O) groups is 2. The second-order valence-corrected chi connectivity index (χ2v) is 5.31. The van der Waals surface area contributed by atoms with E-state index in [9.17, 15) is 9.59 Å². The summed E-state index contributed by atoms with van der Waals surface area (Å²) < 4.78 is 0. The summed E-state index contributed by atoms with van der Waals surface area (Å²) in [6.45, 7) is 0.458. The Morgan fingerprint density at radius 1 is 1.38 bits per heavy atom. The van der Waals surface area contributed by atoms with Gasteiger partial charge in [0.05, 0.1) is 5.02 Å². The Bertz CT molecular complexity index is 519. The largest absolute Gasteiger partial charge is 0.372 e. The van der Waals surface area contributed by atoms with Crippen molar-refractivity contribution in [3.05, 3.63) is 23.4 Å². The normalized spacial score (nSPS) is 9.86. The smallest absolute Gasteiger partial charge is 0.284 e. The van der Waals surface area contributed by atoms with Gasteiger partial charge in [-0.15, -0.1) is 0 Å². The number of hydrogen-bond acceptors (Lipinski definition) is 4. The third kappa shape index (κ3) is 6.50. The summed E-state index contributed by atoms with van der Waals surface area (Å²) in [5.41, 5.74) is 0. The van der Waals surface area contributed by atoms with Crippen molar-refractivity contribution in [3.63, 3.8) is 0 Å². The molecule has 0 bridgehead atoms. The molecule has 1 aromatic heterocycles. The first-order valence-electron chi connectivity index (χ1n) is 6.31. The lowest BCUT2D eigenvalue weighted by Crippen LogP contribution is -2.35. The van der Waals surface area contributed by atoms with Crippen LogP contribution in [0.4, 0.5) is 5.82 Å². The lowest BCUT2D eigenvalue weighted by Gasteiger charge is -2.11. The molecule has 0 aliphatic heterocycles. The Labute approximate surface area is 133 Å². The van der Waals surface area contributed by atoms with E-state index in [2.05, 4.69) is 15.6 Å². The van der Waals surface area contributed by atoms with Gasteiger partial charge >= 0.3 is 0 Å². The van der Waals surface area contributed by atoms with Crippen LogP contribution >= 0.6 is 23.8 Å². The quantitative estimate of drug-likeness (QED) is 0.632. The second kappa shape index (κ2) is 8.53. The molecule has 0 unspecified atom stereocenters. The topological polar surface area (TPSA) is 74.3 Å². The molecular weight excluding hydrogens is 312 g/mol. The Balaban J connectivity index is 2.30. The minimum absolute atomic E-state index is 0.0394. The van der Waals surface area contributed by atoms with Crippen LogP contribution in [0.25, 0.3) is 0 Å². The summed E-state index contributed by atoms with van der Waals surface area (Å²) in [4.78, 5) is 28.7. The number of nitrogens with zero attached hydrogens (tertiary/aromatic N) is 2. The SMILES string of the molecule is CN(C)C(=O)CCCNC(=S)C(=O)Nc1ccc(Cl)cn1.